The molecule has 15 heavy (non-hydrogen) atoms. The predicted octanol–water partition coefficient (Wildman–Crippen LogP) is 3.44. The molecule has 0 amide bonds. The molecule has 0 heterocycles. The molecule has 0 atom stereocenters. The molecule has 1 aromatic rings. The molecule has 0 saturated carbocycles. The van der Waals surface area contributed by atoms with Crippen LogP contribution in [-0.4, -0.2) is 12.4 Å². The smallest absolute Gasteiger partial charge is 0.162 e. The fourth-order valence-electron chi connectivity index (χ4n) is 1.15. The third-order valence-electron chi connectivity index (χ3n) is 1.96. The van der Waals surface area contributed by atoms with E-state index in [1.54, 1.807) is 0 Å². The maximum Gasteiger partial charge on any atom is 0.162 e. The maximum atomic E-state index is 12.7. The Labute approximate surface area is 93.9 Å². The fourth-order valence-corrected chi connectivity index (χ4v) is 1.37. The van der Waals surface area contributed by atoms with Crippen molar-refractivity contribution in [2.45, 2.75) is 19.3 Å². The number of benzene rings is 1. The lowest BCUT2D eigenvalue weighted by Crippen LogP contribution is -1.98. The number of unbranched alkanes of at least 4 members (excludes halogenated alkanes) is 2. The van der Waals surface area contributed by atoms with Crippen molar-refractivity contribution in [3.05, 3.63) is 29.8 Å². The topological polar surface area (TPSA) is 9.23 Å². The normalized spacial score (nSPS) is 10.3. The third kappa shape index (κ3) is 4.51. The van der Waals surface area contributed by atoms with Gasteiger partial charge in [0.15, 0.2) is 11.6 Å². The van der Waals surface area contributed by atoms with Crippen molar-refractivity contribution in [3.63, 3.8) is 0 Å². The molecular formula is C11H14F2OS. The van der Waals surface area contributed by atoms with E-state index in [0.717, 1.165) is 37.1 Å². The fraction of sp³-hybridized carbons (Fsp3) is 0.455. The minimum atomic E-state index is -0.872. The highest BCUT2D eigenvalue weighted by Crippen LogP contribution is 2.15. The van der Waals surface area contributed by atoms with E-state index >= 15 is 0 Å². The second kappa shape index (κ2) is 6.67. The molecule has 0 spiro atoms. The Morgan fingerprint density at radius 1 is 1.07 bits per heavy atom. The van der Waals surface area contributed by atoms with Crippen molar-refractivity contribution in [1.29, 1.82) is 0 Å². The molecule has 1 rings (SSSR count). The van der Waals surface area contributed by atoms with Crippen LogP contribution >= 0.6 is 12.6 Å². The first-order valence-corrected chi connectivity index (χ1v) is 5.56. The molecule has 0 unspecified atom stereocenters. The largest absolute Gasteiger partial charge is 0.493 e. The minimum absolute atomic E-state index is 0.375. The summed E-state index contributed by atoms with van der Waals surface area (Å²) in [5, 5.41) is 0. The summed E-state index contributed by atoms with van der Waals surface area (Å²) in [5.41, 5.74) is 0. The summed E-state index contributed by atoms with van der Waals surface area (Å²) < 4.78 is 30.5. The van der Waals surface area contributed by atoms with Crippen molar-refractivity contribution >= 4 is 12.6 Å². The van der Waals surface area contributed by atoms with Gasteiger partial charge in [0.05, 0.1) is 6.61 Å². The summed E-state index contributed by atoms with van der Waals surface area (Å²) in [7, 11) is 0. The van der Waals surface area contributed by atoms with E-state index in [-0.39, 0.29) is 0 Å². The second-order valence-corrected chi connectivity index (χ2v) is 3.66. The van der Waals surface area contributed by atoms with Gasteiger partial charge in [-0.05, 0) is 37.1 Å². The molecule has 0 fully saturated rings. The van der Waals surface area contributed by atoms with Crippen LogP contribution in [0.4, 0.5) is 8.78 Å². The van der Waals surface area contributed by atoms with Gasteiger partial charge in [-0.2, -0.15) is 12.6 Å². The average Bonchev–Trinajstić information content (AvgIpc) is 2.23. The Morgan fingerprint density at radius 2 is 1.87 bits per heavy atom. The van der Waals surface area contributed by atoms with Gasteiger partial charge in [-0.1, -0.05) is 0 Å². The van der Waals surface area contributed by atoms with E-state index < -0.39 is 11.6 Å². The lowest BCUT2D eigenvalue weighted by Gasteiger charge is -2.05. The van der Waals surface area contributed by atoms with E-state index in [0.29, 0.717) is 12.4 Å². The van der Waals surface area contributed by atoms with Gasteiger partial charge < -0.3 is 4.74 Å². The number of hydrogen-bond acceptors (Lipinski definition) is 2. The Morgan fingerprint density at radius 3 is 2.53 bits per heavy atom. The van der Waals surface area contributed by atoms with Crippen molar-refractivity contribution in [1.82, 2.24) is 0 Å². The van der Waals surface area contributed by atoms with Crippen LogP contribution in [0.25, 0.3) is 0 Å². The van der Waals surface area contributed by atoms with Gasteiger partial charge in [0, 0.05) is 6.07 Å². The van der Waals surface area contributed by atoms with Crippen LogP contribution in [0, 0.1) is 11.6 Å². The summed E-state index contributed by atoms with van der Waals surface area (Å²) in [6, 6.07) is 3.56. The summed E-state index contributed by atoms with van der Waals surface area (Å²) in [4.78, 5) is 0. The van der Waals surface area contributed by atoms with E-state index in [9.17, 15) is 8.78 Å². The van der Waals surface area contributed by atoms with Gasteiger partial charge in [-0.15, -0.1) is 0 Å². The highest BCUT2D eigenvalue weighted by Gasteiger charge is 2.02. The van der Waals surface area contributed by atoms with Crippen LogP contribution in [-0.2, 0) is 0 Å². The van der Waals surface area contributed by atoms with Gasteiger partial charge in [-0.25, -0.2) is 8.78 Å². The maximum absolute atomic E-state index is 12.7. The molecule has 0 bridgehead atoms. The summed E-state index contributed by atoms with van der Waals surface area (Å²) in [6.07, 6.45) is 2.98. The molecule has 0 radical (unpaired) electrons. The van der Waals surface area contributed by atoms with Gasteiger partial charge >= 0.3 is 0 Å². The zero-order chi connectivity index (χ0) is 11.1. The number of hydrogen-bond donors (Lipinski definition) is 1. The van der Waals surface area contributed by atoms with Gasteiger partial charge in [0.25, 0.3) is 0 Å². The third-order valence-corrected chi connectivity index (χ3v) is 2.28. The molecule has 4 heteroatoms. The summed E-state index contributed by atoms with van der Waals surface area (Å²) in [6.45, 7) is 0.527. The minimum Gasteiger partial charge on any atom is -0.493 e. The molecule has 1 nitrogen and oxygen atoms in total. The number of thiol groups is 1. The molecule has 0 aromatic heterocycles. The Hall–Kier alpha value is -0.770. The molecule has 0 N–H and O–H groups in total. The summed E-state index contributed by atoms with van der Waals surface area (Å²) in [5.74, 6) is -0.481. The highest BCUT2D eigenvalue weighted by molar-refractivity contribution is 7.80. The van der Waals surface area contributed by atoms with Gasteiger partial charge in [0.2, 0.25) is 0 Å². The van der Waals surface area contributed by atoms with E-state index in [1.165, 1.54) is 6.07 Å². The first-order chi connectivity index (χ1) is 7.24. The van der Waals surface area contributed by atoms with Crippen LogP contribution in [0.15, 0.2) is 18.2 Å². The molecule has 84 valence electrons. The van der Waals surface area contributed by atoms with Crippen molar-refractivity contribution in [2.75, 3.05) is 12.4 Å². The zero-order valence-corrected chi connectivity index (χ0v) is 9.27. The summed E-state index contributed by atoms with van der Waals surface area (Å²) >= 11 is 4.09. The molecule has 0 saturated heterocycles. The van der Waals surface area contributed by atoms with E-state index in [2.05, 4.69) is 12.6 Å². The first-order valence-electron chi connectivity index (χ1n) is 4.93. The Kier molecular flexibility index (Phi) is 5.47. The van der Waals surface area contributed by atoms with Crippen LogP contribution in [0.2, 0.25) is 0 Å². The second-order valence-electron chi connectivity index (χ2n) is 3.21. The highest BCUT2D eigenvalue weighted by atomic mass is 32.1. The molecule has 0 aliphatic rings. The van der Waals surface area contributed by atoms with Gasteiger partial charge in [0.1, 0.15) is 5.75 Å². The van der Waals surface area contributed by atoms with Crippen molar-refractivity contribution in [3.8, 4) is 5.75 Å². The molecule has 0 aliphatic carbocycles. The number of halogens is 2. The lowest BCUT2D eigenvalue weighted by atomic mass is 10.2. The van der Waals surface area contributed by atoms with E-state index in [1.807, 2.05) is 0 Å². The van der Waals surface area contributed by atoms with E-state index in [4.69, 9.17) is 4.74 Å². The monoisotopic (exact) mass is 232 g/mol. The zero-order valence-electron chi connectivity index (χ0n) is 8.38. The SMILES string of the molecule is Fc1ccc(OCCCCCS)cc1F. The van der Waals surface area contributed by atoms with Crippen LogP contribution < -0.4 is 4.74 Å². The van der Waals surface area contributed by atoms with Crippen molar-refractivity contribution < 1.29 is 13.5 Å². The first kappa shape index (κ1) is 12.3. The van der Waals surface area contributed by atoms with Crippen LogP contribution in [0.5, 0.6) is 5.75 Å². The van der Waals surface area contributed by atoms with Crippen LogP contribution in [0.3, 0.4) is 0 Å². The quantitative estimate of drug-likeness (QED) is 0.584. The molecular weight excluding hydrogens is 218 g/mol. The predicted molar refractivity (Wildman–Crippen MR) is 59.6 cm³/mol. The van der Waals surface area contributed by atoms with Gasteiger partial charge in [-0.3, -0.25) is 0 Å². The molecule has 1 aromatic carbocycles. The van der Waals surface area contributed by atoms with Crippen molar-refractivity contribution in [2.24, 2.45) is 0 Å². The Bertz CT molecular complexity index is 305. The lowest BCUT2D eigenvalue weighted by molar-refractivity contribution is 0.304. The standard InChI is InChI=1S/C11H14F2OS/c12-10-5-4-9(8-11(10)13)14-6-2-1-3-7-15/h4-5,8,15H,1-3,6-7H2. The number of rotatable bonds is 6. The number of ether oxygens (including phenoxy) is 1. The Balaban J connectivity index is 2.28. The average molecular weight is 232 g/mol. The van der Waals surface area contributed by atoms with Crippen LogP contribution in [0.1, 0.15) is 19.3 Å². The molecule has 0 aliphatic heterocycles.